The number of quaternary nitrogens is 1. The number of hydroxylamine groups is 3. The molecule has 5 heteroatoms. The SMILES string of the molecule is CCCCCCCCCCCCCC(=O)O.CCCCC[N+](C)(C)O.[Br-]. The van der Waals surface area contributed by atoms with Crippen LogP contribution in [0, 0.1) is 0 Å². The molecule has 0 saturated heterocycles. The van der Waals surface area contributed by atoms with E-state index in [-0.39, 0.29) is 21.6 Å². The van der Waals surface area contributed by atoms with Crippen molar-refractivity contribution in [2.24, 2.45) is 0 Å². The van der Waals surface area contributed by atoms with E-state index >= 15 is 0 Å². The van der Waals surface area contributed by atoms with Gasteiger partial charge in [-0.3, -0.25) is 4.79 Å². The lowest BCUT2D eigenvalue weighted by atomic mass is 10.1. The van der Waals surface area contributed by atoms with E-state index in [9.17, 15) is 10.0 Å². The molecule has 0 spiro atoms. The van der Waals surface area contributed by atoms with Crippen LogP contribution in [-0.2, 0) is 4.79 Å². The lowest BCUT2D eigenvalue weighted by Crippen LogP contribution is -3.00. The molecule has 0 aromatic carbocycles. The molecule has 0 unspecified atom stereocenters. The number of hydrogen-bond acceptors (Lipinski definition) is 2. The lowest BCUT2D eigenvalue weighted by molar-refractivity contribution is -1.07. The lowest BCUT2D eigenvalue weighted by Gasteiger charge is -2.18. The molecule has 2 N–H and O–H groups in total. The maximum atomic E-state index is 10.3. The monoisotopic (exact) mass is 439 g/mol. The van der Waals surface area contributed by atoms with Crippen LogP contribution >= 0.6 is 0 Å². The third-order valence-corrected chi connectivity index (χ3v) is 4.30. The second-order valence-corrected chi connectivity index (χ2v) is 7.73. The first-order valence-electron chi connectivity index (χ1n) is 10.6. The van der Waals surface area contributed by atoms with Crippen molar-refractivity contribution < 1.29 is 36.7 Å². The van der Waals surface area contributed by atoms with E-state index in [4.69, 9.17) is 5.11 Å². The van der Waals surface area contributed by atoms with Crippen molar-refractivity contribution in [3.05, 3.63) is 0 Å². The van der Waals surface area contributed by atoms with Crippen molar-refractivity contribution in [1.29, 1.82) is 0 Å². The number of hydrogen-bond donors (Lipinski definition) is 2. The summed E-state index contributed by atoms with van der Waals surface area (Å²) in [5.41, 5.74) is 0. The van der Waals surface area contributed by atoms with Crippen LogP contribution < -0.4 is 17.0 Å². The Morgan fingerprint density at radius 2 is 1.04 bits per heavy atom. The van der Waals surface area contributed by atoms with Gasteiger partial charge in [0.25, 0.3) is 0 Å². The number of nitrogens with zero attached hydrogens (tertiary/aromatic N) is 1. The summed E-state index contributed by atoms with van der Waals surface area (Å²) in [7, 11) is 3.60. The van der Waals surface area contributed by atoms with E-state index in [0.29, 0.717) is 6.42 Å². The minimum atomic E-state index is -0.657. The molecule has 0 aliphatic rings. The van der Waals surface area contributed by atoms with Gasteiger partial charge >= 0.3 is 5.97 Å². The number of carbonyl (C=O) groups is 1. The molecule has 0 rings (SSSR count). The molecule has 0 radical (unpaired) electrons. The van der Waals surface area contributed by atoms with Crippen molar-refractivity contribution in [3.8, 4) is 0 Å². The second kappa shape index (κ2) is 22.9. The van der Waals surface area contributed by atoms with Crippen LogP contribution in [0.3, 0.4) is 0 Å². The standard InChI is InChI=1S/C14H28O2.C7H18NO.BrH/c1-2-3-4-5-6-7-8-9-10-11-12-13-14(15)16;1-4-5-6-7-8(2,3)9;/h2-13H2,1H3,(H,15,16);9H,4-7H2,1-3H3;1H/q;+1;/p-1. The molecule has 0 fully saturated rings. The van der Waals surface area contributed by atoms with E-state index in [1.54, 1.807) is 14.1 Å². The molecular formula is C21H46BrNO3. The third kappa shape index (κ3) is 35.1. The topological polar surface area (TPSA) is 57.5 Å². The molecule has 0 bridgehead atoms. The predicted octanol–water partition coefficient (Wildman–Crippen LogP) is 3.42. The van der Waals surface area contributed by atoms with E-state index in [0.717, 1.165) is 25.8 Å². The zero-order chi connectivity index (χ0) is 19.4. The summed E-state index contributed by atoms with van der Waals surface area (Å²) in [6.45, 7) is 5.28. The van der Waals surface area contributed by atoms with Gasteiger partial charge < -0.3 is 22.1 Å². The number of carboxylic acids is 1. The molecule has 0 amide bonds. The average molecular weight is 441 g/mol. The molecule has 0 saturated carbocycles. The smallest absolute Gasteiger partial charge is 0.303 e. The van der Waals surface area contributed by atoms with Gasteiger partial charge in [-0.25, -0.2) is 5.21 Å². The third-order valence-electron chi connectivity index (χ3n) is 4.30. The largest absolute Gasteiger partial charge is 1.00 e. The Morgan fingerprint density at radius 1 is 0.692 bits per heavy atom. The minimum Gasteiger partial charge on any atom is -1.00 e. The first-order valence-corrected chi connectivity index (χ1v) is 10.6. The molecule has 0 aliphatic carbocycles. The van der Waals surface area contributed by atoms with E-state index in [1.165, 1.54) is 70.6 Å². The number of carboxylic acid groups (broad SMARTS) is 1. The van der Waals surface area contributed by atoms with Crippen LogP contribution in [0.5, 0.6) is 0 Å². The molecule has 160 valence electrons. The van der Waals surface area contributed by atoms with E-state index in [1.807, 2.05) is 0 Å². The summed E-state index contributed by atoms with van der Waals surface area (Å²) < 4.78 is 0.111. The highest BCUT2D eigenvalue weighted by atomic mass is 79.9. The maximum Gasteiger partial charge on any atom is 0.303 e. The molecule has 0 heterocycles. The molecular weight excluding hydrogens is 394 g/mol. The van der Waals surface area contributed by atoms with Gasteiger partial charge in [0.05, 0.1) is 14.1 Å². The summed E-state index contributed by atoms with van der Waals surface area (Å²) in [4.78, 5) is 10.3. The van der Waals surface area contributed by atoms with Crippen molar-refractivity contribution in [3.63, 3.8) is 0 Å². The summed E-state index contributed by atoms with van der Waals surface area (Å²) >= 11 is 0. The van der Waals surface area contributed by atoms with Crippen LogP contribution in [0.25, 0.3) is 0 Å². The Kier molecular flexibility index (Phi) is 27.0. The fourth-order valence-electron chi connectivity index (χ4n) is 2.69. The molecule has 4 nitrogen and oxygen atoms in total. The van der Waals surface area contributed by atoms with E-state index in [2.05, 4.69) is 13.8 Å². The highest BCUT2D eigenvalue weighted by Gasteiger charge is 2.07. The van der Waals surface area contributed by atoms with Gasteiger partial charge in [0.15, 0.2) is 0 Å². The number of unbranched alkanes of at least 4 members (excludes halogenated alkanes) is 12. The van der Waals surface area contributed by atoms with Crippen LogP contribution in [-0.4, -0.2) is 41.6 Å². The Bertz CT molecular complexity index is 281. The molecule has 0 aliphatic heterocycles. The van der Waals surface area contributed by atoms with Crippen LogP contribution in [0.1, 0.15) is 110 Å². The van der Waals surface area contributed by atoms with Gasteiger partial charge in [-0.15, -0.1) is 0 Å². The average Bonchev–Trinajstić information content (AvgIpc) is 2.52. The van der Waals surface area contributed by atoms with Gasteiger partial charge in [-0.05, 0) is 19.3 Å². The molecule has 0 aromatic heterocycles. The fraction of sp³-hybridized carbons (Fsp3) is 0.952. The summed E-state index contributed by atoms with van der Waals surface area (Å²) in [6.07, 6.45) is 17.9. The number of halogens is 1. The van der Waals surface area contributed by atoms with Crippen molar-refractivity contribution in [1.82, 2.24) is 0 Å². The quantitative estimate of drug-likeness (QED) is 0.220. The zero-order valence-corrected chi connectivity index (χ0v) is 19.5. The van der Waals surface area contributed by atoms with Gasteiger partial charge in [-0.2, -0.15) is 4.65 Å². The minimum absolute atomic E-state index is 0. The van der Waals surface area contributed by atoms with Crippen LogP contribution in [0.2, 0.25) is 0 Å². The van der Waals surface area contributed by atoms with E-state index < -0.39 is 5.97 Å². The molecule has 0 aromatic rings. The Morgan fingerprint density at radius 3 is 1.38 bits per heavy atom. The summed E-state index contributed by atoms with van der Waals surface area (Å²) in [6, 6.07) is 0. The van der Waals surface area contributed by atoms with Gasteiger partial charge in [0.1, 0.15) is 6.54 Å². The van der Waals surface area contributed by atoms with Crippen molar-refractivity contribution in [2.45, 2.75) is 110 Å². The highest BCUT2D eigenvalue weighted by molar-refractivity contribution is 5.66. The van der Waals surface area contributed by atoms with Gasteiger partial charge in [-0.1, -0.05) is 84.5 Å². The predicted molar refractivity (Wildman–Crippen MR) is 107 cm³/mol. The Hall–Kier alpha value is -0.130. The molecule has 0 atom stereocenters. The zero-order valence-electron chi connectivity index (χ0n) is 17.9. The Labute approximate surface area is 173 Å². The first-order chi connectivity index (χ1) is 11.8. The fourth-order valence-corrected chi connectivity index (χ4v) is 2.69. The van der Waals surface area contributed by atoms with Crippen LogP contribution in [0.4, 0.5) is 0 Å². The normalized spacial score (nSPS) is 10.7. The maximum absolute atomic E-state index is 10.3. The Balaban J connectivity index is -0.000000453. The second-order valence-electron chi connectivity index (χ2n) is 7.73. The number of rotatable bonds is 16. The summed E-state index contributed by atoms with van der Waals surface area (Å²) in [5, 5.41) is 17.6. The summed E-state index contributed by atoms with van der Waals surface area (Å²) in [5.74, 6) is -0.657. The highest BCUT2D eigenvalue weighted by Crippen LogP contribution is 2.11. The van der Waals surface area contributed by atoms with Gasteiger partial charge in [0, 0.05) is 6.42 Å². The van der Waals surface area contributed by atoms with Crippen LogP contribution in [0.15, 0.2) is 0 Å². The number of aliphatic carboxylic acids is 1. The first kappa shape index (κ1) is 30.6. The van der Waals surface area contributed by atoms with Crippen molar-refractivity contribution >= 4 is 5.97 Å². The van der Waals surface area contributed by atoms with Gasteiger partial charge in [0.2, 0.25) is 0 Å². The van der Waals surface area contributed by atoms with Crippen molar-refractivity contribution in [2.75, 3.05) is 20.6 Å². The molecule has 26 heavy (non-hydrogen) atoms.